The first-order chi connectivity index (χ1) is 8.53. The maximum Gasteiger partial charge on any atom is 0.0704 e. The summed E-state index contributed by atoms with van der Waals surface area (Å²) in [5.41, 5.74) is 3.83. The normalized spacial score (nSPS) is 11.8. The maximum absolute atomic E-state index is 4.48. The zero-order valence-corrected chi connectivity index (χ0v) is 11.6. The molecule has 0 aliphatic heterocycles. The lowest BCUT2D eigenvalue weighted by Crippen LogP contribution is -2.25. The Bertz CT molecular complexity index is 512. The smallest absolute Gasteiger partial charge is 0.0704 e. The number of benzene rings is 1. The number of hydrogen-bond donors (Lipinski definition) is 0. The molecular weight excluding hydrogens is 218 g/mol. The lowest BCUT2D eigenvalue weighted by atomic mass is 9.73. The summed E-state index contributed by atoms with van der Waals surface area (Å²) in [5.74, 6) is 0.586. The molecule has 0 amide bonds. The number of pyridine rings is 1. The summed E-state index contributed by atoms with van der Waals surface area (Å²) in [6.07, 6.45) is 1.86. The van der Waals surface area contributed by atoms with Crippen LogP contribution in [0.1, 0.15) is 33.3 Å². The summed E-state index contributed by atoms with van der Waals surface area (Å²) in [5, 5.41) is 0. The first kappa shape index (κ1) is 12.8. The van der Waals surface area contributed by atoms with Crippen molar-refractivity contribution in [2.75, 3.05) is 0 Å². The van der Waals surface area contributed by atoms with Crippen molar-refractivity contribution in [1.82, 2.24) is 4.98 Å². The molecule has 1 aromatic heterocycles. The highest BCUT2D eigenvalue weighted by Crippen LogP contribution is 2.37. The molecule has 0 saturated heterocycles. The second-order valence-electron chi connectivity index (χ2n) is 5.64. The highest BCUT2D eigenvalue weighted by Gasteiger charge is 2.27. The van der Waals surface area contributed by atoms with Gasteiger partial charge in [-0.3, -0.25) is 4.98 Å². The van der Waals surface area contributed by atoms with E-state index in [0.29, 0.717) is 5.92 Å². The van der Waals surface area contributed by atoms with E-state index in [9.17, 15) is 0 Å². The number of hydrogen-bond acceptors (Lipinski definition) is 1. The molecule has 1 heterocycles. The van der Waals surface area contributed by atoms with Crippen LogP contribution >= 0.6 is 0 Å². The SMILES string of the molecule is CC(C)C(C)(C)c1ccccc1-c1ccccn1. The average Bonchev–Trinajstić information content (AvgIpc) is 2.39. The Balaban J connectivity index is 2.57. The van der Waals surface area contributed by atoms with Gasteiger partial charge >= 0.3 is 0 Å². The predicted octanol–water partition coefficient (Wildman–Crippen LogP) is 4.68. The summed E-state index contributed by atoms with van der Waals surface area (Å²) in [7, 11) is 0. The molecule has 94 valence electrons. The molecule has 18 heavy (non-hydrogen) atoms. The van der Waals surface area contributed by atoms with Crippen LogP contribution in [0.3, 0.4) is 0 Å². The fraction of sp³-hybridized carbons (Fsp3) is 0.353. The van der Waals surface area contributed by atoms with E-state index >= 15 is 0 Å². The van der Waals surface area contributed by atoms with Crippen LogP contribution in [-0.2, 0) is 5.41 Å². The van der Waals surface area contributed by atoms with E-state index in [4.69, 9.17) is 0 Å². The van der Waals surface area contributed by atoms with Crippen LogP contribution in [0.25, 0.3) is 11.3 Å². The minimum absolute atomic E-state index is 0.147. The van der Waals surface area contributed by atoms with Crippen molar-refractivity contribution in [3.8, 4) is 11.3 Å². The minimum Gasteiger partial charge on any atom is -0.256 e. The molecule has 0 bridgehead atoms. The molecule has 0 aliphatic rings. The number of rotatable bonds is 3. The quantitative estimate of drug-likeness (QED) is 0.757. The van der Waals surface area contributed by atoms with E-state index in [2.05, 4.69) is 63.0 Å². The molecule has 0 saturated carbocycles. The molecule has 2 rings (SSSR count). The van der Waals surface area contributed by atoms with Crippen molar-refractivity contribution in [3.63, 3.8) is 0 Å². The minimum atomic E-state index is 0.147. The number of aromatic nitrogens is 1. The first-order valence-corrected chi connectivity index (χ1v) is 6.54. The van der Waals surface area contributed by atoms with Gasteiger partial charge in [-0.1, -0.05) is 58.0 Å². The maximum atomic E-state index is 4.48. The molecule has 0 radical (unpaired) electrons. The Labute approximate surface area is 110 Å². The van der Waals surface area contributed by atoms with Crippen LogP contribution in [-0.4, -0.2) is 4.98 Å². The van der Waals surface area contributed by atoms with Gasteiger partial charge in [-0.15, -0.1) is 0 Å². The van der Waals surface area contributed by atoms with Gasteiger partial charge in [-0.25, -0.2) is 0 Å². The van der Waals surface area contributed by atoms with Crippen molar-refractivity contribution >= 4 is 0 Å². The third-order valence-corrected chi connectivity index (χ3v) is 4.01. The second kappa shape index (κ2) is 4.93. The van der Waals surface area contributed by atoms with Crippen molar-refractivity contribution < 1.29 is 0 Å². The predicted molar refractivity (Wildman–Crippen MR) is 77.5 cm³/mol. The Hall–Kier alpha value is -1.63. The molecule has 0 atom stereocenters. The molecule has 0 N–H and O–H groups in total. The molecule has 1 nitrogen and oxygen atoms in total. The standard InChI is InChI=1S/C17H21N/c1-13(2)17(3,4)15-10-6-5-9-14(15)16-11-7-8-12-18-16/h5-13H,1-4H3. The highest BCUT2D eigenvalue weighted by molar-refractivity contribution is 5.65. The van der Waals surface area contributed by atoms with Crippen molar-refractivity contribution in [1.29, 1.82) is 0 Å². The lowest BCUT2D eigenvalue weighted by Gasteiger charge is -2.31. The van der Waals surface area contributed by atoms with Gasteiger partial charge in [0, 0.05) is 11.8 Å². The molecule has 0 spiro atoms. The highest BCUT2D eigenvalue weighted by atomic mass is 14.7. The van der Waals surface area contributed by atoms with Crippen LogP contribution < -0.4 is 0 Å². The first-order valence-electron chi connectivity index (χ1n) is 6.54. The fourth-order valence-electron chi connectivity index (χ4n) is 2.10. The van der Waals surface area contributed by atoms with Gasteiger partial charge in [0.25, 0.3) is 0 Å². The van der Waals surface area contributed by atoms with E-state index in [0.717, 1.165) is 5.69 Å². The second-order valence-corrected chi connectivity index (χ2v) is 5.64. The Morgan fingerprint density at radius 3 is 2.22 bits per heavy atom. The zero-order chi connectivity index (χ0) is 13.2. The Morgan fingerprint density at radius 2 is 1.61 bits per heavy atom. The average molecular weight is 239 g/mol. The van der Waals surface area contributed by atoms with Crippen LogP contribution in [0.5, 0.6) is 0 Å². The Morgan fingerprint density at radius 1 is 0.944 bits per heavy atom. The van der Waals surface area contributed by atoms with E-state index in [1.165, 1.54) is 11.1 Å². The molecule has 0 unspecified atom stereocenters. The molecule has 1 aromatic carbocycles. The Kier molecular flexibility index (Phi) is 3.51. The summed E-state index contributed by atoms with van der Waals surface area (Å²) >= 11 is 0. The molecule has 0 aliphatic carbocycles. The summed E-state index contributed by atoms with van der Waals surface area (Å²) in [4.78, 5) is 4.48. The van der Waals surface area contributed by atoms with Gasteiger partial charge < -0.3 is 0 Å². The van der Waals surface area contributed by atoms with Crippen molar-refractivity contribution in [3.05, 3.63) is 54.2 Å². The molecule has 1 heteroatoms. The molecule has 0 fully saturated rings. The van der Waals surface area contributed by atoms with Gasteiger partial charge in [0.15, 0.2) is 0 Å². The topological polar surface area (TPSA) is 12.9 Å². The van der Waals surface area contributed by atoms with Gasteiger partial charge in [-0.2, -0.15) is 0 Å². The largest absolute Gasteiger partial charge is 0.256 e. The van der Waals surface area contributed by atoms with Gasteiger partial charge in [0.1, 0.15) is 0 Å². The van der Waals surface area contributed by atoms with Crippen LogP contribution in [0.15, 0.2) is 48.7 Å². The van der Waals surface area contributed by atoms with E-state index in [1.807, 2.05) is 18.3 Å². The molecular formula is C17H21N. The van der Waals surface area contributed by atoms with E-state index in [-0.39, 0.29) is 5.41 Å². The summed E-state index contributed by atoms with van der Waals surface area (Å²) in [6, 6.07) is 14.7. The summed E-state index contributed by atoms with van der Waals surface area (Å²) < 4.78 is 0. The van der Waals surface area contributed by atoms with Crippen molar-refractivity contribution in [2.45, 2.75) is 33.1 Å². The van der Waals surface area contributed by atoms with Crippen molar-refractivity contribution in [2.24, 2.45) is 5.92 Å². The van der Waals surface area contributed by atoms with Crippen LogP contribution in [0.2, 0.25) is 0 Å². The third kappa shape index (κ3) is 2.31. The monoisotopic (exact) mass is 239 g/mol. The van der Waals surface area contributed by atoms with Crippen LogP contribution in [0.4, 0.5) is 0 Å². The number of nitrogens with zero attached hydrogens (tertiary/aromatic N) is 1. The van der Waals surface area contributed by atoms with Crippen LogP contribution in [0, 0.1) is 5.92 Å². The summed E-state index contributed by atoms with van der Waals surface area (Å²) in [6.45, 7) is 9.16. The van der Waals surface area contributed by atoms with Gasteiger partial charge in [0.2, 0.25) is 0 Å². The van der Waals surface area contributed by atoms with E-state index in [1.54, 1.807) is 0 Å². The molecule has 2 aromatic rings. The van der Waals surface area contributed by atoms with Gasteiger partial charge in [-0.05, 0) is 29.0 Å². The third-order valence-electron chi connectivity index (χ3n) is 4.01. The zero-order valence-electron chi connectivity index (χ0n) is 11.6. The fourth-order valence-corrected chi connectivity index (χ4v) is 2.10. The van der Waals surface area contributed by atoms with E-state index < -0.39 is 0 Å². The van der Waals surface area contributed by atoms with Gasteiger partial charge in [0.05, 0.1) is 5.69 Å². The lowest BCUT2D eigenvalue weighted by molar-refractivity contribution is 0.373.